The molecule has 2 fully saturated rings. The smallest absolute Gasteiger partial charge is 0.0503 e. The quantitative estimate of drug-likeness (QED) is 0.701. The molecule has 1 N–H and O–H groups in total. The number of ether oxygens (including phenoxy) is 1. The van der Waals surface area contributed by atoms with Crippen LogP contribution in [0.3, 0.4) is 0 Å². The standard InChI is InChI=1S/C14H28N2O/c1-3-4-14(9-15-13-5-6-13)16-8-7-12(10-16)11-17-2/h12-15H,3-11H2,1-2H3. The summed E-state index contributed by atoms with van der Waals surface area (Å²) in [6.07, 6.45) is 6.73. The van der Waals surface area contributed by atoms with E-state index in [4.69, 9.17) is 4.74 Å². The third kappa shape index (κ3) is 4.23. The highest BCUT2D eigenvalue weighted by atomic mass is 16.5. The number of rotatable bonds is 8. The Labute approximate surface area is 106 Å². The summed E-state index contributed by atoms with van der Waals surface area (Å²) in [6, 6.07) is 1.59. The van der Waals surface area contributed by atoms with Crippen molar-refractivity contribution in [3.05, 3.63) is 0 Å². The molecule has 100 valence electrons. The number of methoxy groups -OCH3 is 1. The fourth-order valence-electron chi connectivity index (χ4n) is 2.90. The molecule has 2 atom stereocenters. The molecule has 0 radical (unpaired) electrons. The largest absolute Gasteiger partial charge is 0.384 e. The minimum atomic E-state index is 0.752. The molecule has 0 aromatic heterocycles. The summed E-state index contributed by atoms with van der Waals surface area (Å²) in [5.41, 5.74) is 0. The van der Waals surface area contributed by atoms with Gasteiger partial charge in [-0.2, -0.15) is 0 Å². The summed E-state index contributed by atoms with van der Waals surface area (Å²) in [6.45, 7) is 6.94. The molecule has 17 heavy (non-hydrogen) atoms. The fourth-order valence-corrected chi connectivity index (χ4v) is 2.90. The molecule has 0 bridgehead atoms. The van der Waals surface area contributed by atoms with Crippen molar-refractivity contribution in [3.63, 3.8) is 0 Å². The van der Waals surface area contributed by atoms with Crippen LogP contribution in [-0.4, -0.2) is 50.3 Å². The number of nitrogens with zero attached hydrogens (tertiary/aromatic N) is 1. The lowest BCUT2D eigenvalue weighted by Crippen LogP contribution is -2.41. The van der Waals surface area contributed by atoms with Gasteiger partial charge in [-0.3, -0.25) is 4.90 Å². The van der Waals surface area contributed by atoms with Crippen LogP contribution in [0.2, 0.25) is 0 Å². The van der Waals surface area contributed by atoms with Gasteiger partial charge in [-0.25, -0.2) is 0 Å². The zero-order valence-corrected chi connectivity index (χ0v) is 11.5. The third-order valence-corrected chi connectivity index (χ3v) is 4.08. The molecule has 3 heteroatoms. The molecule has 3 nitrogen and oxygen atoms in total. The SMILES string of the molecule is CCCC(CNC1CC1)N1CCC(COC)C1. The highest BCUT2D eigenvalue weighted by molar-refractivity contribution is 4.86. The Morgan fingerprint density at radius 3 is 2.82 bits per heavy atom. The van der Waals surface area contributed by atoms with E-state index in [9.17, 15) is 0 Å². The van der Waals surface area contributed by atoms with Crippen LogP contribution < -0.4 is 5.32 Å². The predicted octanol–water partition coefficient (Wildman–Crippen LogP) is 1.88. The van der Waals surface area contributed by atoms with Gasteiger partial charge in [0, 0.05) is 32.3 Å². The second-order valence-electron chi connectivity index (χ2n) is 5.73. The van der Waals surface area contributed by atoms with Crippen LogP contribution in [0, 0.1) is 5.92 Å². The molecule has 1 saturated carbocycles. The van der Waals surface area contributed by atoms with Crippen LogP contribution in [0.5, 0.6) is 0 Å². The molecule has 1 heterocycles. The van der Waals surface area contributed by atoms with Gasteiger partial charge in [0.25, 0.3) is 0 Å². The van der Waals surface area contributed by atoms with E-state index in [0.29, 0.717) is 0 Å². The summed E-state index contributed by atoms with van der Waals surface area (Å²) < 4.78 is 5.28. The molecule has 1 aliphatic heterocycles. The lowest BCUT2D eigenvalue weighted by atomic mass is 10.1. The lowest BCUT2D eigenvalue weighted by molar-refractivity contribution is 0.144. The normalized spacial score (nSPS) is 27.5. The van der Waals surface area contributed by atoms with Gasteiger partial charge >= 0.3 is 0 Å². The van der Waals surface area contributed by atoms with Gasteiger partial charge in [-0.15, -0.1) is 0 Å². The van der Waals surface area contributed by atoms with Crippen molar-refractivity contribution in [1.82, 2.24) is 10.2 Å². The first-order valence-electron chi connectivity index (χ1n) is 7.29. The zero-order chi connectivity index (χ0) is 12.1. The Balaban J connectivity index is 1.74. The van der Waals surface area contributed by atoms with Crippen molar-refractivity contribution >= 4 is 0 Å². The van der Waals surface area contributed by atoms with Crippen LogP contribution in [0.1, 0.15) is 39.0 Å². The molecule has 1 aliphatic carbocycles. The fraction of sp³-hybridized carbons (Fsp3) is 1.00. The maximum Gasteiger partial charge on any atom is 0.0503 e. The zero-order valence-electron chi connectivity index (χ0n) is 11.5. The Morgan fingerprint density at radius 1 is 1.35 bits per heavy atom. The summed E-state index contributed by atoms with van der Waals surface area (Å²) in [4.78, 5) is 2.68. The second kappa shape index (κ2) is 6.72. The molecule has 0 aromatic rings. The molecule has 2 rings (SSSR count). The van der Waals surface area contributed by atoms with E-state index in [1.807, 2.05) is 7.11 Å². The summed E-state index contributed by atoms with van der Waals surface area (Å²) in [5, 5.41) is 3.69. The Morgan fingerprint density at radius 2 is 2.18 bits per heavy atom. The molecule has 0 aromatic carbocycles. The van der Waals surface area contributed by atoms with Gasteiger partial charge in [-0.05, 0) is 38.1 Å². The van der Waals surface area contributed by atoms with Crippen molar-refractivity contribution in [1.29, 1.82) is 0 Å². The minimum absolute atomic E-state index is 0.752. The first kappa shape index (κ1) is 13.3. The highest BCUT2D eigenvalue weighted by Gasteiger charge is 2.29. The van der Waals surface area contributed by atoms with Gasteiger partial charge in [-0.1, -0.05) is 13.3 Å². The molecule has 0 amide bonds. The average molecular weight is 240 g/mol. The predicted molar refractivity (Wildman–Crippen MR) is 71.3 cm³/mol. The highest BCUT2D eigenvalue weighted by Crippen LogP contribution is 2.23. The van der Waals surface area contributed by atoms with E-state index in [2.05, 4.69) is 17.1 Å². The summed E-state index contributed by atoms with van der Waals surface area (Å²) in [5.74, 6) is 0.764. The van der Waals surface area contributed by atoms with E-state index >= 15 is 0 Å². The van der Waals surface area contributed by atoms with Gasteiger partial charge < -0.3 is 10.1 Å². The maximum atomic E-state index is 5.28. The van der Waals surface area contributed by atoms with Crippen LogP contribution in [0.4, 0.5) is 0 Å². The van der Waals surface area contributed by atoms with E-state index in [1.54, 1.807) is 0 Å². The molecule has 1 saturated heterocycles. The van der Waals surface area contributed by atoms with Crippen molar-refractivity contribution in [2.24, 2.45) is 5.92 Å². The molecule has 2 aliphatic rings. The summed E-state index contributed by atoms with van der Waals surface area (Å²) in [7, 11) is 1.82. The Bertz CT molecular complexity index is 218. The number of nitrogens with one attached hydrogen (secondary N) is 1. The van der Waals surface area contributed by atoms with Gasteiger partial charge in [0.2, 0.25) is 0 Å². The van der Waals surface area contributed by atoms with Crippen LogP contribution >= 0.6 is 0 Å². The Kier molecular flexibility index (Phi) is 5.26. The van der Waals surface area contributed by atoms with E-state index in [1.165, 1.54) is 51.7 Å². The average Bonchev–Trinajstić information content (AvgIpc) is 3.04. The molecular weight excluding hydrogens is 212 g/mol. The van der Waals surface area contributed by atoms with Gasteiger partial charge in [0.05, 0.1) is 6.61 Å². The van der Waals surface area contributed by atoms with Crippen LogP contribution in [-0.2, 0) is 4.74 Å². The topological polar surface area (TPSA) is 24.5 Å². The van der Waals surface area contributed by atoms with E-state index in [-0.39, 0.29) is 0 Å². The number of hydrogen-bond donors (Lipinski definition) is 1. The van der Waals surface area contributed by atoms with Crippen molar-refractivity contribution < 1.29 is 4.74 Å². The van der Waals surface area contributed by atoms with Crippen LogP contribution in [0.15, 0.2) is 0 Å². The van der Waals surface area contributed by atoms with Gasteiger partial charge in [0.15, 0.2) is 0 Å². The molecular formula is C14H28N2O. The second-order valence-corrected chi connectivity index (χ2v) is 5.73. The first-order chi connectivity index (χ1) is 8.33. The lowest BCUT2D eigenvalue weighted by Gasteiger charge is -2.28. The minimum Gasteiger partial charge on any atom is -0.384 e. The monoisotopic (exact) mass is 240 g/mol. The van der Waals surface area contributed by atoms with Crippen LogP contribution in [0.25, 0.3) is 0 Å². The van der Waals surface area contributed by atoms with Crippen molar-refractivity contribution in [3.8, 4) is 0 Å². The molecule has 0 spiro atoms. The Hall–Kier alpha value is -0.120. The first-order valence-corrected chi connectivity index (χ1v) is 7.29. The number of hydrogen-bond acceptors (Lipinski definition) is 3. The van der Waals surface area contributed by atoms with Gasteiger partial charge in [0.1, 0.15) is 0 Å². The van der Waals surface area contributed by atoms with Crippen molar-refractivity contribution in [2.75, 3.05) is 33.4 Å². The third-order valence-electron chi connectivity index (χ3n) is 4.08. The number of likely N-dealkylation sites (tertiary alicyclic amines) is 1. The van der Waals surface area contributed by atoms with E-state index in [0.717, 1.165) is 24.6 Å². The summed E-state index contributed by atoms with van der Waals surface area (Å²) >= 11 is 0. The van der Waals surface area contributed by atoms with E-state index < -0.39 is 0 Å². The van der Waals surface area contributed by atoms with Crippen molar-refractivity contribution in [2.45, 2.75) is 51.1 Å². The maximum absolute atomic E-state index is 5.28. The molecule has 2 unspecified atom stereocenters.